The number of carbonyl (C=O) groups is 2. The Kier molecular flexibility index (Phi) is 6.45. The quantitative estimate of drug-likeness (QED) is 0.567. The van der Waals surface area contributed by atoms with Gasteiger partial charge < -0.3 is 10.2 Å². The summed E-state index contributed by atoms with van der Waals surface area (Å²) in [5.41, 5.74) is 1.91. The second kappa shape index (κ2) is 9.37. The van der Waals surface area contributed by atoms with Gasteiger partial charge in [-0.25, -0.2) is 4.39 Å². The molecule has 180 valence electrons. The van der Waals surface area contributed by atoms with Gasteiger partial charge in [0.25, 0.3) is 5.91 Å². The van der Waals surface area contributed by atoms with Crippen LogP contribution in [0.25, 0.3) is 0 Å². The topological polar surface area (TPSA) is 49.4 Å². The summed E-state index contributed by atoms with van der Waals surface area (Å²) in [5, 5.41) is 3.24. The van der Waals surface area contributed by atoms with Gasteiger partial charge in [0.15, 0.2) is 0 Å². The molecule has 6 heteroatoms. The largest absolute Gasteiger partial charge is 0.351 e. The first kappa shape index (κ1) is 23.4. The molecule has 1 unspecified atom stereocenters. The molecule has 4 atom stereocenters. The number of anilines is 1. The van der Waals surface area contributed by atoms with Gasteiger partial charge in [0.05, 0.1) is 18.0 Å². The number of halogens is 1. The number of nitrogens with one attached hydrogen (secondary N) is 1. The third kappa shape index (κ3) is 4.74. The van der Waals surface area contributed by atoms with Crippen molar-refractivity contribution >= 4 is 29.3 Å². The molecule has 3 aliphatic rings. The van der Waals surface area contributed by atoms with Gasteiger partial charge in [-0.15, -0.1) is 11.8 Å². The van der Waals surface area contributed by atoms with Crippen molar-refractivity contribution in [1.29, 1.82) is 0 Å². The van der Waals surface area contributed by atoms with E-state index in [2.05, 4.69) is 19.2 Å². The highest BCUT2D eigenvalue weighted by molar-refractivity contribution is 8.00. The van der Waals surface area contributed by atoms with Crippen molar-refractivity contribution in [1.82, 2.24) is 5.32 Å². The minimum absolute atomic E-state index is 0.0735. The molecular weight excluding hydrogens is 447 g/mol. The fourth-order valence-corrected chi connectivity index (χ4v) is 7.72. The predicted octanol–water partition coefficient (Wildman–Crippen LogP) is 6.05. The van der Waals surface area contributed by atoms with Crippen LogP contribution in [-0.4, -0.2) is 24.1 Å². The number of carbonyl (C=O) groups excluding carboxylic acids is 2. The molecule has 2 amide bonds. The molecule has 0 saturated heterocycles. The summed E-state index contributed by atoms with van der Waals surface area (Å²) in [6.07, 6.45) is 6.20. The van der Waals surface area contributed by atoms with Crippen LogP contribution in [0.1, 0.15) is 61.9 Å². The minimum atomic E-state index is -0.329. The SMILES string of the molecule is C[C@@H]1C[C@@H]2C[C@H](C)CC(CNC(=O)c3ccc4c(c3)N(Cc3ccccc3F)C(=O)CS4)(C1)C2. The van der Waals surface area contributed by atoms with E-state index in [1.165, 1.54) is 49.9 Å². The maximum Gasteiger partial charge on any atom is 0.251 e. The first-order valence-corrected chi connectivity index (χ1v) is 13.4. The molecule has 2 saturated carbocycles. The fraction of sp³-hybridized carbons (Fsp3) is 0.500. The monoisotopic (exact) mass is 480 g/mol. The fourth-order valence-electron chi connectivity index (χ4n) is 6.81. The smallest absolute Gasteiger partial charge is 0.251 e. The number of rotatable bonds is 5. The van der Waals surface area contributed by atoms with Gasteiger partial charge in [-0.1, -0.05) is 32.0 Å². The van der Waals surface area contributed by atoms with Crippen LogP contribution in [0.15, 0.2) is 47.4 Å². The lowest BCUT2D eigenvalue weighted by Crippen LogP contribution is -2.46. The van der Waals surface area contributed by atoms with Gasteiger partial charge in [-0.3, -0.25) is 9.59 Å². The van der Waals surface area contributed by atoms with Crippen LogP contribution in [-0.2, 0) is 11.3 Å². The highest BCUT2D eigenvalue weighted by atomic mass is 32.2. The Bertz CT molecular complexity index is 1080. The maximum atomic E-state index is 14.3. The average Bonchev–Trinajstić information content (AvgIpc) is 2.79. The molecule has 4 nitrogen and oxygen atoms in total. The van der Waals surface area contributed by atoms with Crippen molar-refractivity contribution < 1.29 is 14.0 Å². The number of thioether (sulfide) groups is 1. The van der Waals surface area contributed by atoms with E-state index in [9.17, 15) is 14.0 Å². The summed E-state index contributed by atoms with van der Waals surface area (Å²) in [4.78, 5) is 28.5. The maximum absolute atomic E-state index is 14.3. The Morgan fingerprint density at radius 2 is 1.85 bits per heavy atom. The Hall–Kier alpha value is -2.34. The van der Waals surface area contributed by atoms with E-state index in [4.69, 9.17) is 0 Å². The van der Waals surface area contributed by atoms with Crippen molar-refractivity contribution in [3.63, 3.8) is 0 Å². The number of fused-ring (bicyclic) bond motifs is 3. The van der Waals surface area contributed by atoms with E-state index in [0.717, 1.165) is 10.8 Å². The number of nitrogens with zero attached hydrogens (tertiary/aromatic N) is 1. The zero-order chi connectivity index (χ0) is 23.9. The number of benzene rings is 2. The third-order valence-electron chi connectivity index (χ3n) is 7.83. The van der Waals surface area contributed by atoms with Gasteiger partial charge in [-0.05, 0) is 79.5 Å². The van der Waals surface area contributed by atoms with Gasteiger partial charge in [0.1, 0.15) is 5.82 Å². The van der Waals surface area contributed by atoms with Crippen molar-refractivity contribution in [2.75, 3.05) is 17.2 Å². The molecule has 0 spiro atoms. The lowest BCUT2D eigenvalue weighted by molar-refractivity contribution is -0.116. The standard InChI is InChI=1S/C28H33FN2O2S/c1-18-9-20-10-19(2)13-28(12-18,14-20)17-30-27(33)21-7-8-25-24(11-21)31(26(32)16-34-25)15-22-5-3-4-6-23(22)29/h3-8,11,18-20H,9-10,12-17H2,1-2H3,(H,30,33)/t18-,19+,20-,28?. The summed E-state index contributed by atoms with van der Waals surface area (Å²) >= 11 is 1.47. The Balaban J connectivity index is 1.34. The van der Waals surface area contributed by atoms with E-state index in [-0.39, 0.29) is 29.6 Å². The zero-order valence-corrected chi connectivity index (χ0v) is 20.8. The lowest BCUT2D eigenvalue weighted by atomic mass is 9.57. The molecule has 2 fully saturated rings. The van der Waals surface area contributed by atoms with Crippen molar-refractivity contribution in [3.05, 3.63) is 59.4 Å². The first-order chi connectivity index (χ1) is 16.3. The molecule has 0 radical (unpaired) electrons. The summed E-state index contributed by atoms with van der Waals surface area (Å²) in [7, 11) is 0. The van der Waals surface area contributed by atoms with E-state index < -0.39 is 0 Å². The molecule has 34 heavy (non-hydrogen) atoms. The number of amides is 2. The Morgan fingerprint density at radius 3 is 2.59 bits per heavy atom. The van der Waals surface area contributed by atoms with Crippen LogP contribution >= 0.6 is 11.8 Å². The highest BCUT2D eigenvalue weighted by Crippen LogP contribution is 2.52. The molecule has 0 aromatic heterocycles. The van der Waals surface area contributed by atoms with Gasteiger partial charge >= 0.3 is 0 Å². The van der Waals surface area contributed by atoms with Crippen LogP contribution in [0.3, 0.4) is 0 Å². The molecular formula is C28H33FN2O2S. The van der Waals surface area contributed by atoms with Crippen LogP contribution < -0.4 is 10.2 Å². The molecule has 1 heterocycles. The van der Waals surface area contributed by atoms with Gasteiger partial charge in [0, 0.05) is 22.6 Å². The number of hydrogen-bond donors (Lipinski definition) is 1. The molecule has 2 aliphatic carbocycles. The Labute approximate surface area is 205 Å². The van der Waals surface area contributed by atoms with Crippen LogP contribution in [0, 0.1) is 29.0 Å². The summed E-state index contributed by atoms with van der Waals surface area (Å²) < 4.78 is 14.3. The molecule has 2 bridgehead atoms. The van der Waals surface area contributed by atoms with E-state index in [0.29, 0.717) is 40.9 Å². The summed E-state index contributed by atoms with van der Waals surface area (Å²) in [5.74, 6) is 2.01. The lowest BCUT2D eigenvalue weighted by Gasteiger charge is -2.50. The van der Waals surface area contributed by atoms with E-state index in [1.807, 2.05) is 12.1 Å². The Morgan fingerprint density at radius 1 is 1.12 bits per heavy atom. The van der Waals surface area contributed by atoms with Gasteiger partial charge in [-0.2, -0.15) is 0 Å². The van der Waals surface area contributed by atoms with Gasteiger partial charge in [0.2, 0.25) is 5.91 Å². The molecule has 1 N–H and O–H groups in total. The molecule has 2 aromatic carbocycles. The highest BCUT2D eigenvalue weighted by Gasteiger charge is 2.44. The predicted molar refractivity (Wildman–Crippen MR) is 134 cm³/mol. The van der Waals surface area contributed by atoms with E-state index >= 15 is 0 Å². The average molecular weight is 481 g/mol. The molecule has 5 rings (SSSR count). The van der Waals surface area contributed by atoms with Crippen molar-refractivity contribution in [2.24, 2.45) is 23.2 Å². The molecule has 2 aromatic rings. The van der Waals surface area contributed by atoms with Crippen LogP contribution in [0.2, 0.25) is 0 Å². The van der Waals surface area contributed by atoms with Crippen molar-refractivity contribution in [2.45, 2.75) is 57.4 Å². The summed E-state index contributed by atoms with van der Waals surface area (Å²) in [6.45, 7) is 5.56. The van der Waals surface area contributed by atoms with Crippen LogP contribution in [0.4, 0.5) is 10.1 Å². The normalized spacial score (nSPS) is 28.4. The van der Waals surface area contributed by atoms with Crippen LogP contribution in [0.5, 0.6) is 0 Å². The van der Waals surface area contributed by atoms with Crippen molar-refractivity contribution in [3.8, 4) is 0 Å². The first-order valence-electron chi connectivity index (χ1n) is 12.4. The molecule has 1 aliphatic heterocycles. The minimum Gasteiger partial charge on any atom is -0.351 e. The second-order valence-electron chi connectivity index (χ2n) is 10.9. The third-order valence-corrected chi connectivity index (χ3v) is 8.88. The zero-order valence-electron chi connectivity index (χ0n) is 20.0. The van der Waals surface area contributed by atoms with E-state index in [1.54, 1.807) is 29.2 Å². The summed E-state index contributed by atoms with van der Waals surface area (Å²) in [6, 6.07) is 12.1. The second-order valence-corrected chi connectivity index (χ2v) is 11.9. The number of hydrogen-bond acceptors (Lipinski definition) is 3.